The van der Waals surface area contributed by atoms with Gasteiger partial charge in [-0.25, -0.2) is 0 Å². The van der Waals surface area contributed by atoms with E-state index in [1.807, 2.05) is 0 Å². The smallest absolute Gasteiger partial charge is 0.207 e. The summed E-state index contributed by atoms with van der Waals surface area (Å²) in [6.45, 7) is 2.62. The highest BCUT2D eigenvalue weighted by atomic mass is 32.1. The molecule has 13 heavy (non-hydrogen) atoms. The molecule has 0 bridgehead atoms. The Labute approximate surface area is 83.5 Å². The van der Waals surface area contributed by atoms with E-state index in [2.05, 4.69) is 10.2 Å². The minimum absolute atomic E-state index is 0.333. The summed E-state index contributed by atoms with van der Waals surface area (Å²) in [5.41, 5.74) is 5.43. The van der Waals surface area contributed by atoms with Gasteiger partial charge in [0.05, 0.1) is 4.99 Å². The fourth-order valence-electron chi connectivity index (χ4n) is 1.57. The number of nitrogens with zero attached hydrogens (tertiary/aromatic N) is 1. The Morgan fingerprint density at radius 1 is 1.62 bits per heavy atom. The number of hydrogen-bond acceptors (Lipinski definition) is 3. The fraction of sp³-hybridized carbons (Fsp3) is 0.750. The number of nitrogens with two attached hydrogens (primary N) is 1. The van der Waals surface area contributed by atoms with E-state index in [1.165, 1.54) is 0 Å². The zero-order valence-corrected chi connectivity index (χ0v) is 8.35. The van der Waals surface area contributed by atoms with Crippen LogP contribution in [0.4, 0.5) is 0 Å². The van der Waals surface area contributed by atoms with Crippen molar-refractivity contribution in [3.63, 3.8) is 0 Å². The molecule has 0 radical (unpaired) electrons. The quantitative estimate of drug-likeness (QED) is 0.475. The summed E-state index contributed by atoms with van der Waals surface area (Å²) in [4.78, 5) is 12.9. The number of rotatable bonds is 4. The summed E-state index contributed by atoms with van der Waals surface area (Å²) in [5, 5.41) is 2.79. The van der Waals surface area contributed by atoms with Gasteiger partial charge >= 0.3 is 0 Å². The van der Waals surface area contributed by atoms with Crippen LogP contribution in [0.3, 0.4) is 0 Å². The summed E-state index contributed by atoms with van der Waals surface area (Å²) >= 11 is 4.82. The van der Waals surface area contributed by atoms with Gasteiger partial charge in [0.25, 0.3) is 0 Å². The Morgan fingerprint density at radius 2 is 2.23 bits per heavy atom. The Hall–Kier alpha value is -0.680. The van der Waals surface area contributed by atoms with Crippen LogP contribution in [-0.2, 0) is 4.79 Å². The molecule has 0 atom stereocenters. The van der Waals surface area contributed by atoms with Crippen molar-refractivity contribution in [3.05, 3.63) is 0 Å². The first-order chi connectivity index (χ1) is 6.22. The third-order valence-corrected chi connectivity index (χ3v) is 2.40. The Bertz CT molecular complexity index is 190. The number of carbonyl (C=O) groups excluding carboxylic acids is 1. The molecule has 0 unspecified atom stereocenters. The van der Waals surface area contributed by atoms with Crippen LogP contribution in [0.2, 0.25) is 0 Å². The molecule has 0 saturated carbocycles. The highest BCUT2D eigenvalue weighted by Gasteiger charge is 2.18. The standard InChI is InChI=1S/C8H15N3OS/c9-8(13)5-11-3-1-7(2-4-11)10-6-12/h6-7H,1-5H2,(H2,9,13)(H,10,12). The highest BCUT2D eigenvalue weighted by Crippen LogP contribution is 2.08. The van der Waals surface area contributed by atoms with Crippen LogP contribution in [-0.4, -0.2) is 42.0 Å². The summed E-state index contributed by atoms with van der Waals surface area (Å²) < 4.78 is 0. The zero-order chi connectivity index (χ0) is 9.68. The summed E-state index contributed by atoms with van der Waals surface area (Å²) in [7, 11) is 0. The van der Waals surface area contributed by atoms with E-state index in [9.17, 15) is 4.79 Å². The van der Waals surface area contributed by atoms with E-state index in [0.29, 0.717) is 17.6 Å². The van der Waals surface area contributed by atoms with Crippen LogP contribution in [0.1, 0.15) is 12.8 Å². The Morgan fingerprint density at radius 3 is 2.69 bits per heavy atom. The van der Waals surface area contributed by atoms with Crippen LogP contribution >= 0.6 is 12.2 Å². The predicted molar refractivity (Wildman–Crippen MR) is 55.4 cm³/mol. The van der Waals surface area contributed by atoms with Crippen molar-refractivity contribution in [2.75, 3.05) is 19.6 Å². The van der Waals surface area contributed by atoms with Gasteiger partial charge in [-0.05, 0) is 12.8 Å². The van der Waals surface area contributed by atoms with E-state index in [1.54, 1.807) is 0 Å². The molecule has 1 aliphatic rings. The number of thiocarbonyl (C=S) groups is 1. The van der Waals surface area contributed by atoms with Crippen molar-refractivity contribution < 1.29 is 4.79 Å². The number of hydrogen-bond donors (Lipinski definition) is 2. The van der Waals surface area contributed by atoms with E-state index in [-0.39, 0.29) is 0 Å². The molecule has 0 spiro atoms. The van der Waals surface area contributed by atoms with E-state index >= 15 is 0 Å². The molecule has 3 N–H and O–H groups in total. The average Bonchev–Trinajstić information content (AvgIpc) is 2.08. The van der Waals surface area contributed by atoms with E-state index in [0.717, 1.165) is 32.3 Å². The lowest BCUT2D eigenvalue weighted by Gasteiger charge is -2.31. The molecule has 1 saturated heterocycles. The summed E-state index contributed by atoms with van der Waals surface area (Å²) in [5.74, 6) is 0. The largest absolute Gasteiger partial charge is 0.392 e. The van der Waals surface area contributed by atoms with Gasteiger partial charge in [0.15, 0.2) is 0 Å². The van der Waals surface area contributed by atoms with Crippen LogP contribution < -0.4 is 11.1 Å². The first-order valence-electron chi connectivity index (χ1n) is 4.42. The SMILES string of the molecule is NC(=S)CN1CCC(NC=O)CC1. The molecule has 5 heteroatoms. The Kier molecular flexibility index (Phi) is 4.11. The topological polar surface area (TPSA) is 58.4 Å². The summed E-state index contributed by atoms with van der Waals surface area (Å²) in [6.07, 6.45) is 2.75. The molecule has 1 amide bonds. The van der Waals surface area contributed by atoms with Gasteiger partial charge in [-0.3, -0.25) is 9.69 Å². The normalized spacial score (nSPS) is 19.7. The lowest BCUT2D eigenvalue weighted by Crippen LogP contribution is -2.44. The summed E-state index contributed by atoms with van der Waals surface area (Å²) in [6, 6.07) is 0.333. The molecule has 74 valence electrons. The van der Waals surface area contributed by atoms with Crippen LogP contribution in [0.15, 0.2) is 0 Å². The second-order valence-corrected chi connectivity index (χ2v) is 3.83. The predicted octanol–water partition coefficient (Wildman–Crippen LogP) is -0.517. The number of carbonyl (C=O) groups is 1. The van der Waals surface area contributed by atoms with Crippen LogP contribution in [0, 0.1) is 0 Å². The molecule has 0 aromatic rings. The van der Waals surface area contributed by atoms with Gasteiger partial charge < -0.3 is 11.1 Å². The highest BCUT2D eigenvalue weighted by molar-refractivity contribution is 7.80. The molecular weight excluding hydrogens is 186 g/mol. The van der Waals surface area contributed by atoms with Crippen molar-refractivity contribution in [1.29, 1.82) is 0 Å². The lowest BCUT2D eigenvalue weighted by atomic mass is 10.1. The van der Waals surface area contributed by atoms with E-state index in [4.69, 9.17) is 18.0 Å². The minimum Gasteiger partial charge on any atom is -0.392 e. The van der Waals surface area contributed by atoms with Crippen molar-refractivity contribution in [1.82, 2.24) is 10.2 Å². The third-order valence-electron chi connectivity index (χ3n) is 2.27. The molecule has 4 nitrogen and oxygen atoms in total. The molecule has 0 aromatic heterocycles. The molecule has 1 fully saturated rings. The molecular formula is C8H15N3OS. The molecule has 1 rings (SSSR count). The number of piperidine rings is 1. The first-order valence-corrected chi connectivity index (χ1v) is 4.83. The number of amides is 1. The van der Waals surface area contributed by atoms with Crippen LogP contribution in [0.5, 0.6) is 0 Å². The van der Waals surface area contributed by atoms with Gasteiger partial charge in [0.1, 0.15) is 0 Å². The first kappa shape index (κ1) is 10.4. The number of likely N-dealkylation sites (tertiary alicyclic amines) is 1. The molecule has 1 heterocycles. The van der Waals surface area contributed by atoms with Gasteiger partial charge in [0.2, 0.25) is 6.41 Å². The van der Waals surface area contributed by atoms with Crippen molar-refractivity contribution >= 4 is 23.6 Å². The average molecular weight is 201 g/mol. The van der Waals surface area contributed by atoms with Crippen molar-refractivity contribution in [2.24, 2.45) is 5.73 Å². The number of nitrogens with one attached hydrogen (secondary N) is 1. The van der Waals surface area contributed by atoms with Gasteiger partial charge in [-0.15, -0.1) is 0 Å². The maximum Gasteiger partial charge on any atom is 0.207 e. The maximum absolute atomic E-state index is 10.2. The minimum atomic E-state index is 0.333. The fourth-order valence-corrected chi connectivity index (χ4v) is 1.76. The molecule has 1 aliphatic heterocycles. The van der Waals surface area contributed by atoms with Gasteiger partial charge in [0, 0.05) is 25.7 Å². The van der Waals surface area contributed by atoms with Gasteiger partial charge in [-0.1, -0.05) is 12.2 Å². The van der Waals surface area contributed by atoms with E-state index < -0.39 is 0 Å². The monoisotopic (exact) mass is 201 g/mol. The zero-order valence-electron chi connectivity index (χ0n) is 7.53. The second-order valence-electron chi connectivity index (χ2n) is 3.30. The molecule has 0 aliphatic carbocycles. The third kappa shape index (κ3) is 3.69. The maximum atomic E-state index is 10.2. The molecule has 0 aromatic carbocycles. The van der Waals surface area contributed by atoms with Crippen LogP contribution in [0.25, 0.3) is 0 Å². The second kappa shape index (κ2) is 5.14. The Balaban J connectivity index is 2.22. The van der Waals surface area contributed by atoms with Gasteiger partial charge in [-0.2, -0.15) is 0 Å². The van der Waals surface area contributed by atoms with Crippen molar-refractivity contribution in [3.8, 4) is 0 Å². The van der Waals surface area contributed by atoms with Crippen molar-refractivity contribution in [2.45, 2.75) is 18.9 Å². The lowest BCUT2D eigenvalue weighted by molar-refractivity contribution is -0.110.